The largest absolute Gasteiger partial charge is 0.289 e. The second-order valence-electron chi connectivity index (χ2n) is 6.95. The second kappa shape index (κ2) is 9.20. The van der Waals surface area contributed by atoms with Crippen LogP contribution >= 0.6 is 0 Å². The number of nitrogens with one attached hydrogen (secondary N) is 2. The van der Waals surface area contributed by atoms with Crippen molar-refractivity contribution in [2.75, 3.05) is 0 Å². The number of rotatable bonds is 8. The van der Waals surface area contributed by atoms with Gasteiger partial charge in [-0.15, -0.1) is 0 Å². The van der Waals surface area contributed by atoms with E-state index in [1.54, 1.807) is 11.0 Å². The molecule has 0 aliphatic carbocycles. The SMILES string of the molecule is CC(Cc1ccccc1)(N=NC(C)(Cc1ccccc1)C(=O)NO)C(=O)NO. The summed E-state index contributed by atoms with van der Waals surface area (Å²) in [6.45, 7) is 3.02. The summed E-state index contributed by atoms with van der Waals surface area (Å²) in [5.74, 6) is -1.52. The first kappa shape index (κ1) is 21.2. The molecule has 2 rings (SSSR count). The van der Waals surface area contributed by atoms with Crippen molar-refractivity contribution in [1.82, 2.24) is 11.0 Å². The Morgan fingerprint density at radius 1 is 0.750 bits per heavy atom. The smallest absolute Gasteiger partial charge is 0.273 e. The van der Waals surface area contributed by atoms with Crippen molar-refractivity contribution in [3.05, 3.63) is 71.8 Å². The van der Waals surface area contributed by atoms with Crippen LogP contribution in [0.2, 0.25) is 0 Å². The molecular weight excluding hydrogens is 360 g/mol. The maximum Gasteiger partial charge on any atom is 0.273 e. The van der Waals surface area contributed by atoms with Gasteiger partial charge in [0.15, 0.2) is 11.1 Å². The highest BCUT2D eigenvalue weighted by atomic mass is 16.5. The maximum atomic E-state index is 12.3. The Morgan fingerprint density at radius 3 is 1.36 bits per heavy atom. The van der Waals surface area contributed by atoms with E-state index >= 15 is 0 Å². The number of carbonyl (C=O) groups excluding carboxylic acids is 2. The van der Waals surface area contributed by atoms with Gasteiger partial charge in [0.05, 0.1) is 0 Å². The summed E-state index contributed by atoms with van der Waals surface area (Å²) in [5, 5.41) is 26.6. The van der Waals surface area contributed by atoms with Crippen LogP contribution in [0.1, 0.15) is 25.0 Å². The molecule has 0 aliphatic rings. The molecular formula is C20H24N4O4. The Kier molecular flexibility index (Phi) is 6.97. The molecule has 0 saturated heterocycles. The predicted molar refractivity (Wildman–Crippen MR) is 102 cm³/mol. The van der Waals surface area contributed by atoms with Crippen LogP contribution in [0.15, 0.2) is 70.9 Å². The first-order chi connectivity index (χ1) is 13.3. The summed E-state index contributed by atoms with van der Waals surface area (Å²) in [4.78, 5) is 24.6. The van der Waals surface area contributed by atoms with Gasteiger partial charge in [-0.05, 0) is 25.0 Å². The van der Waals surface area contributed by atoms with Gasteiger partial charge in [-0.1, -0.05) is 60.7 Å². The number of benzene rings is 2. The molecule has 0 heterocycles. The molecule has 148 valence electrons. The molecule has 2 amide bonds. The molecule has 4 N–H and O–H groups in total. The third kappa shape index (κ3) is 5.21. The number of amides is 2. The summed E-state index contributed by atoms with van der Waals surface area (Å²) >= 11 is 0. The normalized spacial score (nSPS) is 15.4. The molecule has 8 heteroatoms. The van der Waals surface area contributed by atoms with Crippen LogP contribution < -0.4 is 11.0 Å². The lowest BCUT2D eigenvalue weighted by molar-refractivity contribution is -0.136. The van der Waals surface area contributed by atoms with Crippen LogP contribution in [0.5, 0.6) is 0 Å². The van der Waals surface area contributed by atoms with Crippen molar-refractivity contribution < 1.29 is 20.0 Å². The topological polar surface area (TPSA) is 123 Å². The van der Waals surface area contributed by atoms with Crippen LogP contribution in [0, 0.1) is 0 Å². The van der Waals surface area contributed by atoms with Gasteiger partial charge in [-0.2, -0.15) is 10.2 Å². The minimum atomic E-state index is -1.45. The zero-order chi connectivity index (χ0) is 20.6. The van der Waals surface area contributed by atoms with E-state index in [4.69, 9.17) is 10.4 Å². The van der Waals surface area contributed by atoms with Gasteiger partial charge in [-0.25, -0.2) is 11.0 Å². The number of carbonyl (C=O) groups is 2. The van der Waals surface area contributed by atoms with E-state index in [9.17, 15) is 9.59 Å². The minimum absolute atomic E-state index is 0.159. The van der Waals surface area contributed by atoms with E-state index < -0.39 is 22.9 Å². The van der Waals surface area contributed by atoms with Gasteiger partial charge < -0.3 is 0 Å². The van der Waals surface area contributed by atoms with E-state index in [0.29, 0.717) is 0 Å². The third-order valence-corrected chi connectivity index (χ3v) is 4.46. The van der Waals surface area contributed by atoms with E-state index in [1.807, 2.05) is 60.7 Å². The van der Waals surface area contributed by atoms with E-state index in [0.717, 1.165) is 11.1 Å². The Morgan fingerprint density at radius 2 is 1.07 bits per heavy atom. The van der Waals surface area contributed by atoms with E-state index in [2.05, 4.69) is 10.2 Å². The van der Waals surface area contributed by atoms with E-state index in [-0.39, 0.29) is 12.8 Å². The lowest BCUT2D eigenvalue weighted by atomic mass is 9.91. The fourth-order valence-electron chi connectivity index (χ4n) is 2.77. The standard InChI is InChI=1S/C20H24N4O4/c1-19(17(25)21-27,13-15-9-5-3-6-10-15)23-24-20(2,18(26)22-28)14-16-11-7-4-8-12-16/h3-12,27-28H,13-14H2,1-2H3,(H,21,25)(H,22,26). The number of hydroxylamine groups is 2. The van der Waals surface area contributed by atoms with Crippen LogP contribution in [0.4, 0.5) is 0 Å². The first-order valence-corrected chi connectivity index (χ1v) is 8.74. The lowest BCUT2D eigenvalue weighted by Gasteiger charge is -2.26. The average Bonchev–Trinajstić information content (AvgIpc) is 2.72. The molecule has 2 unspecified atom stereocenters. The van der Waals surface area contributed by atoms with Gasteiger partial charge in [0.1, 0.15) is 0 Å². The molecule has 0 saturated carbocycles. The quantitative estimate of drug-likeness (QED) is 0.317. The second-order valence-corrected chi connectivity index (χ2v) is 6.95. The molecule has 2 aromatic carbocycles. The highest BCUT2D eigenvalue weighted by molar-refractivity contribution is 5.86. The zero-order valence-corrected chi connectivity index (χ0v) is 15.8. The van der Waals surface area contributed by atoms with Gasteiger partial charge >= 0.3 is 0 Å². The Bertz CT molecular complexity index is 759. The summed E-state index contributed by atoms with van der Waals surface area (Å²) < 4.78 is 0. The molecule has 8 nitrogen and oxygen atoms in total. The predicted octanol–water partition coefficient (Wildman–Crippen LogP) is 2.45. The molecule has 0 bridgehead atoms. The van der Waals surface area contributed by atoms with Crippen molar-refractivity contribution in [3.8, 4) is 0 Å². The number of azo groups is 1. The molecule has 0 aliphatic heterocycles. The fraction of sp³-hybridized carbons (Fsp3) is 0.300. The average molecular weight is 384 g/mol. The van der Waals surface area contributed by atoms with Crippen molar-refractivity contribution >= 4 is 11.8 Å². The van der Waals surface area contributed by atoms with Gasteiger partial charge in [0.25, 0.3) is 11.8 Å². The first-order valence-electron chi connectivity index (χ1n) is 8.74. The lowest BCUT2D eigenvalue weighted by Crippen LogP contribution is -2.46. The summed E-state index contributed by atoms with van der Waals surface area (Å²) in [7, 11) is 0. The van der Waals surface area contributed by atoms with Crippen molar-refractivity contribution in [2.45, 2.75) is 37.8 Å². The van der Waals surface area contributed by atoms with Crippen molar-refractivity contribution in [1.29, 1.82) is 0 Å². The highest BCUT2D eigenvalue weighted by Gasteiger charge is 2.38. The van der Waals surface area contributed by atoms with Crippen molar-refractivity contribution in [2.24, 2.45) is 10.2 Å². The van der Waals surface area contributed by atoms with E-state index in [1.165, 1.54) is 13.8 Å². The summed E-state index contributed by atoms with van der Waals surface area (Å²) in [6, 6.07) is 18.3. The maximum absolute atomic E-state index is 12.3. The molecule has 0 fully saturated rings. The van der Waals surface area contributed by atoms with Crippen LogP contribution in [0.25, 0.3) is 0 Å². The minimum Gasteiger partial charge on any atom is -0.289 e. The molecule has 28 heavy (non-hydrogen) atoms. The number of hydrogen-bond donors (Lipinski definition) is 4. The highest BCUT2D eigenvalue weighted by Crippen LogP contribution is 2.24. The summed E-state index contributed by atoms with van der Waals surface area (Å²) in [6.07, 6.45) is 0.317. The molecule has 0 aromatic heterocycles. The zero-order valence-electron chi connectivity index (χ0n) is 15.8. The van der Waals surface area contributed by atoms with Gasteiger partial charge in [-0.3, -0.25) is 20.0 Å². The number of hydrogen-bond acceptors (Lipinski definition) is 6. The van der Waals surface area contributed by atoms with Crippen LogP contribution in [-0.2, 0) is 22.4 Å². The number of nitrogens with zero attached hydrogens (tertiary/aromatic N) is 2. The van der Waals surface area contributed by atoms with Crippen LogP contribution in [0.3, 0.4) is 0 Å². The molecule has 0 spiro atoms. The van der Waals surface area contributed by atoms with Gasteiger partial charge in [0.2, 0.25) is 0 Å². The monoisotopic (exact) mass is 384 g/mol. The van der Waals surface area contributed by atoms with Crippen molar-refractivity contribution in [3.63, 3.8) is 0 Å². The third-order valence-electron chi connectivity index (χ3n) is 4.46. The van der Waals surface area contributed by atoms with Crippen LogP contribution in [-0.4, -0.2) is 33.3 Å². The Hall–Kier alpha value is -3.10. The molecule has 2 atom stereocenters. The summed E-state index contributed by atoms with van der Waals surface area (Å²) in [5.41, 5.74) is 1.93. The Labute approximate surface area is 163 Å². The Balaban J connectivity index is 2.36. The molecule has 0 radical (unpaired) electrons. The fourth-order valence-corrected chi connectivity index (χ4v) is 2.77. The molecule has 2 aromatic rings. The van der Waals surface area contributed by atoms with Gasteiger partial charge in [0, 0.05) is 12.8 Å².